The molecular weight excluding hydrogens is 268 g/mol. The number of pyridine rings is 1. The fraction of sp³-hybridized carbons (Fsp3) is 0.188. The summed E-state index contributed by atoms with van der Waals surface area (Å²) in [4.78, 5) is 28.9. The zero-order chi connectivity index (χ0) is 15.2. The second-order valence-electron chi connectivity index (χ2n) is 4.52. The van der Waals surface area contributed by atoms with Gasteiger partial charge in [-0.05, 0) is 24.6 Å². The lowest BCUT2D eigenvalue weighted by atomic mass is 10.2. The topological polar surface area (TPSA) is 70.5 Å². The summed E-state index contributed by atoms with van der Waals surface area (Å²) in [6.07, 6.45) is 0. The predicted octanol–water partition coefficient (Wildman–Crippen LogP) is 2.44. The maximum atomic E-state index is 12.4. The molecule has 5 nitrogen and oxygen atoms in total. The molecule has 0 unspecified atom stereocenters. The molecule has 0 radical (unpaired) electrons. The lowest BCUT2D eigenvalue weighted by Gasteiger charge is -2.20. The van der Waals surface area contributed by atoms with Crippen molar-refractivity contribution in [1.82, 2.24) is 9.88 Å². The summed E-state index contributed by atoms with van der Waals surface area (Å²) in [5.41, 5.74) is 1.03. The number of rotatable bonds is 5. The fourth-order valence-electron chi connectivity index (χ4n) is 1.97. The Balaban J connectivity index is 2.20. The van der Waals surface area contributed by atoms with E-state index in [0.717, 1.165) is 5.56 Å². The molecule has 0 bridgehead atoms. The van der Waals surface area contributed by atoms with Gasteiger partial charge in [0, 0.05) is 13.1 Å². The third kappa shape index (κ3) is 3.66. The number of carboxylic acid groups (broad SMARTS) is 1. The van der Waals surface area contributed by atoms with Crippen molar-refractivity contribution in [3.8, 4) is 0 Å². The van der Waals surface area contributed by atoms with Gasteiger partial charge in [0.15, 0.2) is 0 Å². The Morgan fingerprint density at radius 1 is 1.05 bits per heavy atom. The molecule has 5 heteroatoms. The molecule has 108 valence electrons. The van der Waals surface area contributed by atoms with Gasteiger partial charge in [-0.15, -0.1) is 0 Å². The highest BCUT2D eigenvalue weighted by Crippen LogP contribution is 2.09. The monoisotopic (exact) mass is 284 g/mol. The quantitative estimate of drug-likeness (QED) is 0.915. The molecule has 2 rings (SSSR count). The number of hydrogen-bond acceptors (Lipinski definition) is 3. The molecule has 1 amide bonds. The zero-order valence-corrected chi connectivity index (χ0v) is 11.7. The number of carbonyl (C=O) groups excluding carboxylic acids is 1. The first kappa shape index (κ1) is 14.7. The SMILES string of the molecule is CCN(Cc1ccccc1)C(=O)c1cccc(C(=O)O)n1. The molecule has 0 aliphatic rings. The maximum Gasteiger partial charge on any atom is 0.354 e. The van der Waals surface area contributed by atoms with Crippen LogP contribution in [-0.2, 0) is 6.54 Å². The van der Waals surface area contributed by atoms with Crippen molar-refractivity contribution in [1.29, 1.82) is 0 Å². The van der Waals surface area contributed by atoms with E-state index in [-0.39, 0.29) is 17.3 Å². The Morgan fingerprint density at radius 2 is 1.71 bits per heavy atom. The van der Waals surface area contributed by atoms with E-state index in [1.807, 2.05) is 37.3 Å². The van der Waals surface area contributed by atoms with Crippen LogP contribution in [0.25, 0.3) is 0 Å². The maximum absolute atomic E-state index is 12.4. The summed E-state index contributed by atoms with van der Waals surface area (Å²) < 4.78 is 0. The molecule has 0 aliphatic carbocycles. The van der Waals surface area contributed by atoms with E-state index in [0.29, 0.717) is 13.1 Å². The van der Waals surface area contributed by atoms with Gasteiger partial charge < -0.3 is 10.0 Å². The fourth-order valence-corrected chi connectivity index (χ4v) is 1.97. The number of hydrogen-bond donors (Lipinski definition) is 1. The lowest BCUT2D eigenvalue weighted by Crippen LogP contribution is -2.31. The third-order valence-electron chi connectivity index (χ3n) is 3.07. The van der Waals surface area contributed by atoms with Crippen LogP contribution < -0.4 is 0 Å². The number of aromatic carboxylic acids is 1. The number of carboxylic acids is 1. The van der Waals surface area contributed by atoms with E-state index in [9.17, 15) is 9.59 Å². The Labute approximate surface area is 122 Å². The minimum absolute atomic E-state index is 0.128. The van der Waals surface area contributed by atoms with E-state index >= 15 is 0 Å². The Kier molecular flexibility index (Phi) is 4.66. The second-order valence-corrected chi connectivity index (χ2v) is 4.52. The van der Waals surface area contributed by atoms with Crippen LogP contribution in [-0.4, -0.2) is 33.4 Å². The van der Waals surface area contributed by atoms with Crippen molar-refractivity contribution >= 4 is 11.9 Å². The summed E-state index contributed by atoms with van der Waals surface area (Å²) in [6, 6.07) is 14.1. The largest absolute Gasteiger partial charge is 0.477 e. The Morgan fingerprint density at radius 3 is 2.33 bits per heavy atom. The van der Waals surface area contributed by atoms with Crippen LogP contribution in [0.1, 0.15) is 33.5 Å². The summed E-state index contributed by atoms with van der Waals surface area (Å²) >= 11 is 0. The van der Waals surface area contributed by atoms with E-state index in [1.165, 1.54) is 18.2 Å². The van der Waals surface area contributed by atoms with Crippen LogP contribution in [0.3, 0.4) is 0 Å². The predicted molar refractivity (Wildman–Crippen MR) is 78.1 cm³/mol. The van der Waals surface area contributed by atoms with E-state index in [4.69, 9.17) is 5.11 Å². The first-order valence-corrected chi connectivity index (χ1v) is 6.65. The number of amides is 1. The molecule has 1 N–H and O–H groups in total. The van der Waals surface area contributed by atoms with Gasteiger partial charge in [-0.25, -0.2) is 9.78 Å². The molecule has 0 saturated carbocycles. The van der Waals surface area contributed by atoms with Gasteiger partial charge in [0.2, 0.25) is 0 Å². The van der Waals surface area contributed by atoms with Crippen LogP contribution >= 0.6 is 0 Å². The molecule has 1 aromatic heterocycles. The minimum atomic E-state index is -1.14. The van der Waals surface area contributed by atoms with E-state index in [1.54, 1.807) is 4.90 Å². The first-order chi connectivity index (χ1) is 10.1. The Bertz CT molecular complexity index is 641. The van der Waals surface area contributed by atoms with Crippen LogP contribution in [0.2, 0.25) is 0 Å². The second kappa shape index (κ2) is 6.65. The van der Waals surface area contributed by atoms with Crippen LogP contribution in [0.15, 0.2) is 48.5 Å². The number of benzene rings is 1. The molecule has 0 fully saturated rings. The standard InChI is InChI=1S/C16H16N2O3/c1-2-18(11-12-7-4-3-5-8-12)15(19)13-9-6-10-14(17-13)16(20)21/h3-10H,2,11H2,1H3,(H,20,21). The van der Waals surface area contributed by atoms with Crippen molar-refractivity contribution in [2.45, 2.75) is 13.5 Å². The van der Waals surface area contributed by atoms with Gasteiger partial charge in [0.05, 0.1) is 0 Å². The molecule has 0 saturated heterocycles. The number of carbonyl (C=O) groups is 2. The van der Waals surface area contributed by atoms with Gasteiger partial charge in [-0.3, -0.25) is 4.79 Å². The summed E-state index contributed by atoms with van der Waals surface area (Å²) in [5, 5.41) is 8.93. The zero-order valence-electron chi connectivity index (χ0n) is 11.7. The van der Waals surface area contributed by atoms with Crippen molar-refractivity contribution < 1.29 is 14.7 Å². The first-order valence-electron chi connectivity index (χ1n) is 6.65. The normalized spacial score (nSPS) is 10.1. The van der Waals surface area contributed by atoms with Gasteiger partial charge >= 0.3 is 5.97 Å². The van der Waals surface area contributed by atoms with E-state index in [2.05, 4.69) is 4.98 Å². The van der Waals surface area contributed by atoms with Gasteiger partial charge in [0.1, 0.15) is 11.4 Å². The minimum Gasteiger partial charge on any atom is -0.477 e. The smallest absolute Gasteiger partial charge is 0.354 e. The molecule has 1 heterocycles. The summed E-state index contributed by atoms with van der Waals surface area (Å²) in [7, 11) is 0. The summed E-state index contributed by atoms with van der Waals surface area (Å²) in [6.45, 7) is 2.86. The highest BCUT2D eigenvalue weighted by molar-refractivity contribution is 5.94. The highest BCUT2D eigenvalue weighted by Gasteiger charge is 2.17. The van der Waals surface area contributed by atoms with Crippen molar-refractivity contribution in [2.24, 2.45) is 0 Å². The molecule has 0 aliphatic heterocycles. The van der Waals surface area contributed by atoms with Crippen molar-refractivity contribution in [3.63, 3.8) is 0 Å². The molecular formula is C16H16N2O3. The molecule has 2 aromatic rings. The molecule has 0 spiro atoms. The van der Waals surface area contributed by atoms with Crippen LogP contribution in [0.4, 0.5) is 0 Å². The lowest BCUT2D eigenvalue weighted by molar-refractivity contribution is 0.0689. The molecule has 0 atom stereocenters. The average Bonchev–Trinajstić information content (AvgIpc) is 2.53. The Hall–Kier alpha value is -2.69. The number of aromatic nitrogens is 1. The number of nitrogens with zero attached hydrogens (tertiary/aromatic N) is 2. The summed E-state index contributed by atoms with van der Waals surface area (Å²) in [5.74, 6) is -1.42. The molecule has 1 aromatic carbocycles. The average molecular weight is 284 g/mol. The van der Waals surface area contributed by atoms with Crippen molar-refractivity contribution in [2.75, 3.05) is 6.54 Å². The van der Waals surface area contributed by atoms with Crippen LogP contribution in [0, 0.1) is 0 Å². The van der Waals surface area contributed by atoms with E-state index < -0.39 is 5.97 Å². The van der Waals surface area contributed by atoms with Crippen LogP contribution in [0.5, 0.6) is 0 Å². The van der Waals surface area contributed by atoms with Gasteiger partial charge in [-0.2, -0.15) is 0 Å². The van der Waals surface area contributed by atoms with Gasteiger partial charge in [-0.1, -0.05) is 36.4 Å². The van der Waals surface area contributed by atoms with Crippen molar-refractivity contribution in [3.05, 3.63) is 65.5 Å². The molecule has 21 heavy (non-hydrogen) atoms. The third-order valence-corrected chi connectivity index (χ3v) is 3.07. The van der Waals surface area contributed by atoms with Gasteiger partial charge in [0.25, 0.3) is 5.91 Å². The highest BCUT2D eigenvalue weighted by atomic mass is 16.4.